The molecule has 1 fully saturated rings. The van der Waals surface area contributed by atoms with Crippen LogP contribution in [-0.2, 0) is 29.0 Å². The van der Waals surface area contributed by atoms with E-state index in [1.165, 1.54) is 6.07 Å². The Balaban J connectivity index is 0.00000148. The molecule has 0 N–H and O–H groups in total. The Kier molecular flexibility index (Phi) is 8.37. The van der Waals surface area contributed by atoms with Crippen LogP contribution in [0.5, 0.6) is 0 Å². The fourth-order valence-electron chi connectivity index (χ4n) is 5.52. The van der Waals surface area contributed by atoms with Crippen molar-refractivity contribution >= 4 is 11.9 Å². The van der Waals surface area contributed by atoms with Crippen molar-refractivity contribution in [3.8, 4) is 6.07 Å². The number of aryl methyl sites for hydroxylation is 1. The molecule has 1 saturated heterocycles. The van der Waals surface area contributed by atoms with Gasteiger partial charge in [-0.2, -0.15) is 5.26 Å². The predicted molar refractivity (Wildman–Crippen MR) is 135 cm³/mol. The summed E-state index contributed by atoms with van der Waals surface area (Å²) < 4.78 is 19.1. The van der Waals surface area contributed by atoms with Crippen LogP contribution in [-0.4, -0.2) is 54.4 Å². The SMILES string of the molecule is CC.N#Cc1c(F)ccc2c1CCCC2CN1CCN(C(=O)CCc2ccc3c(c2)COC3=O)CC1. The number of amides is 1. The molecule has 190 valence electrons. The molecule has 0 bridgehead atoms. The minimum atomic E-state index is -0.421. The summed E-state index contributed by atoms with van der Waals surface area (Å²) in [6.45, 7) is 8.25. The molecule has 0 radical (unpaired) electrons. The van der Waals surface area contributed by atoms with Gasteiger partial charge >= 0.3 is 5.97 Å². The first-order valence-electron chi connectivity index (χ1n) is 13.0. The van der Waals surface area contributed by atoms with Gasteiger partial charge in [0, 0.05) is 44.7 Å². The molecule has 2 aliphatic heterocycles. The summed E-state index contributed by atoms with van der Waals surface area (Å²) in [6.07, 6.45) is 3.88. The van der Waals surface area contributed by atoms with Crippen LogP contribution in [0.3, 0.4) is 0 Å². The second kappa shape index (κ2) is 11.7. The van der Waals surface area contributed by atoms with Crippen LogP contribution in [0.2, 0.25) is 0 Å². The number of cyclic esters (lactones) is 1. The van der Waals surface area contributed by atoms with Crippen LogP contribution in [0.25, 0.3) is 0 Å². The highest BCUT2D eigenvalue weighted by atomic mass is 19.1. The zero-order chi connectivity index (χ0) is 25.7. The number of ether oxygens (including phenoxy) is 1. The largest absolute Gasteiger partial charge is 0.457 e. The fraction of sp³-hybridized carbons (Fsp3) is 0.483. The van der Waals surface area contributed by atoms with Crippen LogP contribution in [0.4, 0.5) is 4.39 Å². The molecule has 6 nitrogen and oxygen atoms in total. The number of fused-ring (bicyclic) bond motifs is 2. The molecule has 3 aliphatic rings. The zero-order valence-corrected chi connectivity index (χ0v) is 21.2. The van der Waals surface area contributed by atoms with Crippen LogP contribution < -0.4 is 0 Å². The Bertz CT molecular complexity index is 1170. The topological polar surface area (TPSA) is 73.6 Å². The number of benzene rings is 2. The van der Waals surface area contributed by atoms with Crippen LogP contribution in [0.1, 0.15) is 77.2 Å². The Morgan fingerprint density at radius 2 is 1.94 bits per heavy atom. The van der Waals surface area contributed by atoms with Crippen molar-refractivity contribution in [2.75, 3.05) is 32.7 Å². The third-order valence-electron chi connectivity index (χ3n) is 7.41. The number of piperazine rings is 1. The third kappa shape index (κ3) is 5.44. The Labute approximate surface area is 212 Å². The van der Waals surface area contributed by atoms with E-state index in [1.54, 1.807) is 6.07 Å². The van der Waals surface area contributed by atoms with Crippen molar-refractivity contribution in [1.29, 1.82) is 5.26 Å². The number of nitriles is 1. The van der Waals surface area contributed by atoms with Gasteiger partial charge in [0.2, 0.25) is 5.91 Å². The Hall–Kier alpha value is -3.24. The number of carbonyl (C=O) groups excluding carboxylic acids is 2. The number of hydrogen-bond acceptors (Lipinski definition) is 5. The van der Waals surface area contributed by atoms with E-state index in [0.29, 0.717) is 44.0 Å². The van der Waals surface area contributed by atoms with E-state index in [4.69, 9.17) is 4.74 Å². The maximum atomic E-state index is 14.0. The van der Waals surface area contributed by atoms with Gasteiger partial charge in [0.15, 0.2) is 0 Å². The molecule has 1 atom stereocenters. The van der Waals surface area contributed by atoms with Crippen molar-refractivity contribution in [2.24, 2.45) is 0 Å². The minimum absolute atomic E-state index is 0.157. The minimum Gasteiger partial charge on any atom is -0.457 e. The molecule has 2 aromatic carbocycles. The molecule has 1 unspecified atom stereocenters. The molecule has 0 aromatic heterocycles. The van der Waals surface area contributed by atoms with Crippen LogP contribution >= 0.6 is 0 Å². The zero-order valence-electron chi connectivity index (χ0n) is 21.2. The lowest BCUT2D eigenvalue weighted by molar-refractivity contribution is -0.132. The van der Waals surface area contributed by atoms with Gasteiger partial charge in [-0.15, -0.1) is 0 Å². The molecular formula is C29H34FN3O3. The van der Waals surface area contributed by atoms with Gasteiger partial charge in [0.25, 0.3) is 0 Å². The molecule has 0 spiro atoms. The molecular weight excluding hydrogens is 457 g/mol. The highest BCUT2D eigenvalue weighted by Crippen LogP contribution is 2.35. The fourth-order valence-corrected chi connectivity index (χ4v) is 5.52. The maximum Gasteiger partial charge on any atom is 0.338 e. The summed E-state index contributed by atoms with van der Waals surface area (Å²) in [4.78, 5) is 28.7. The predicted octanol–water partition coefficient (Wildman–Crippen LogP) is 4.59. The monoisotopic (exact) mass is 491 g/mol. The lowest BCUT2D eigenvalue weighted by atomic mass is 9.80. The van der Waals surface area contributed by atoms with Crippen molar-refractivity contribution in [3.63, 3.8) is 0 Å². The van der Waals surface area contributed by atoms with E-state index >= 15 is 0 Å². The maximum absolute atomic E-state index is 14.0. The van der Waals surface area contributed by atoms with Crippen molar-refractivity contribution in [2.45, 2.75) is 58.5 Å². The molecule has 1 amide bonds. The van der Waals surface area contributed by atoms with E-state index in [0.717, 1.165) is 61.2 Å². The first kappa shape index (κ1) is 25.8. The number of carbonyl (C=O) groups is 2. The van der Waals surface area contributed by atoms with E-state index in [2.05, 4.69) is 4.90 Å². The number of rotatable bonds is 5. The van der Waals surface area contributed by atoms with Crippen molar-refractivity contribution in [1.82, 2.24) is 9.80 Å². The average molecular weight is 492 g/mol. The summed E-state index contributed by atoms with van der Waals surface area (Å²) in [5, 5.41) is 9.37. The van der Waals surface area contributed by atoms with E-state index in [-0.39, 0.29) is 17.4 Å². The summed E-state index contributed by atoms with van der Waals surface area (Å²) >= 11 is 0. The van der Waals surface area contributed by atoms with Crippen LogP contribution in [0, 0.1) is 17.1 Å². The molecule has 5 rings (SSSR count). The van der Waals surface area contributed by atoms with Gasteiger partial charge in [-0.05, 0) is 60.4 Å². The second-order valence-electron chi connectivity index (χ2n) is 9.44. The first-order chi connectivity index (χ1) is 17.5. The van der Waals surface area contributed by atoms with Crippen molar-refractivity contribution < 1.29 is 18.7 Å². The van der Waals surface area contributed by atoms with Gasteiger partial charge in [-0.25, -0.2) is 9.18 Å². The van der Waals surface area contributed by atoms with Gasteiger partial charge < -0.3 is 9.64 Å². The third-order valence-corrected chi connectivity index (χ3v) is 7.41. The molecule has 1 aliphatic carbocycles. The van der Waals surface area contributed by atoms with E-state index in [1.807, 2.05) is 43.0 Å². The molecule has 36 heavy (non-hydrogen) atoms. The summed E-state index contributed by atoms with van der Waals surface area (Å²) in [5.74, 6) is -0.236. The Morgan fingerprint density at radius 3 is 2.69 bits per heavy atom. The number of esters is 1. The molecule has 7 heteroatoms. The summed E-state index contributed by atoms with van der Waals surface area (Å²) in [6, 6.07) is 11.0. The highest BCUT2D eigenvalue weighted by molar-refractivity contribution is 5.93. The Morgan fingerprint density at radius 1 is 1.17 bits per heavy atom. The standard InChI is InChI=1S/C27H28FN3O3.C2H6/c28-25-8-7-21-19(2-1-3-23(21)24(25)15-29)16-30-10-12-31(13-11-30)26(32)9-5-18-4-6-22-20(14-18)17-34-27(22)33;1-2/h4,6-8,14,19H,1-3,5,9-13,16-17H2;1-2H3. The molecule has 0 saturated carbocycles. The summed E-state index contributed by atoms with van der Waals surface area (Å²) in [7, 11) is 0. The second-order valence-corrected chi connectivity index (χ2v) is 9.44. The lowest BCUT2D eigenvalue weighted by Crippen LogP contribution is -2.49. The van der Waals surface area contributed by atoms with Crippen molar-refractivity contribution in [3.05, 3.63) is 69.5 Å². The first-order valence-corrected chi connectivity index (χ1v) is 13.0. The van der Waals surface area contributed by atoms with Gasteiger partial charge in [-0.1, -0.05) is 32.0 Å². The molecule has 2 aromatic rings. The summed E-state index contributed by atoms with van der Waals surface area (Å²) in [5.41, 5.74) is 4.78. The molecule has 2 heterocycles. The highest BCUT2D eigenvalue weighted by Gasteiger charge is 2.28. The number of hydrogen-bond donors (Lipinski definition) is 0. The number of halogens is 1. The smallest absolute Gasteiger partial charge is 0.338 e. The van der Waals surface area contributed by atoms with Gasteiger partial charge in [0.1, 0.15) is 18.5 Å². The lowest BCUT2D eigenvalue weighted by Gasteiger charge is -2.38. The number of nitrogens with zero attached hydrogens (tertiary/aromatic N) is 3. The van der Waals surface area contributed by atoms with Crippen LogP contribution in [0.15, 0.2) is 30.3 Å². The quantitative estimate of drug-likeness (QED) is 0.572. The van der Waals surface area contributed by atoms with E-state index in [9.17, 15) is 19.2 Å². The van der Waals surface area contributed by atoms with Gasteiger partial charge in [0.05, 0.1) is 11.1 Å². The van der Waals surface area contributed by atoms with Gasteiger partial charge in [-0.3, -0.25) is 9.69 Å². The van der Waals surface area contributed by atoms with E-state index < -0.39 is 5.82 Å². The average Bonchev–Trinajstić information content (AvgIpc) is 3.28. The normalized spacial score (nSPS) is 18.9.